The monoisotopic (exact) mass is 331 g/mol. The van der Waals surface area contributed by atoms with E-state index in [2.05, 4.69) is 10.6 Å². The molecule has 7 heteroatoms. The van der Waals surface area contributed by atoms with E-state index in [4.69, 9.17) is 17.0 Å². The number of nitro benzene ring substituents is 1. The molecule has 2 rings (SSSR count). The van der Waals surface area contributed by atoms with E-state index >= 15 is 0 Å². The molecular weight excluding hydrogens is 314 g/mol. The summed E-state index contributed by atoms with van der Waals surface area (Å²) < 4.78 is 5.37. The lowest BCUT2D eigenvalue weighted by atomic mass is 10.1. The lowest BCUT2D eigenvalue weighted by Gasteiger charge is -2.13. The number of benzene rings is 2. The number of hydrogen-bond donors (Lipinski definition) is 2. The highest BCUT2D eigenvalue weighted by atomic mass is 32.1. The summed E-state index contributed by atoms with van der Waals surface area (Å²) in [6.07, 6.45) is 0. The van der Waals surface area contributed by atoms with Crippen LogP contribution in [0.4, 0.5) is 17.1 Å². The molecule has 0 unspecified atom stereocenters. The van der Waals surface area contributed by atoms with Gasteiger partial charge in [-0.05, 0) is 56.4 Å². The van der Waals surface area contributed by atoms with Crippen molar-refractivity contribution in [3.63, 3.8) is 0 Å². The SMILES string of the molecule is CCOc1ccc(NC(=S)Nc2cccc([N+](=O)[O-])c2C)cc1. The average molecular weight is 331 g/mol. The quantitative estimate of drug-likeness (QED) is 0.488. The summed E-state index contributed by atoms with van der Waals surface area (Å²) in [6.45, 7) is 4.21. The maximum atomic E-state index is 11.0. The van der Waals surface area contributed by atoms with Gasteiger partial charge in [0.05, 0.1) is 22.8 Å². The first-order chi connectivity index (χ1) is 11.0. The van der Waals surface area contributed by atoms with Crippen LogP contribution >= 0.6 is 12.2 Å². The largest absolute Gasteiger partial charge is 0.494 e. The first-order valence-corrected chi connectivity index (χ1v) is 7.47. The molecule has 2 aromatic carbocycles. The van der Waals surface area contributed by atoms with E-state index in [0.717, 1.165) is 11.4 Å². The number of anilines is 2. The van der Waals surface area contributed by atoms with E-state index in [-0.39, 0.29) is 5.69 Å². The molecule has 0 radical (unpaired) electrons. The fourth-order valence-corrected chi connectivity index (χ4v) is 2.27. The minimum atomic E-state index is -0.413. The number of rotatable bonds is 5. The molecule has 0 saturated carbocycles. The number of thiocarbonyl (C=S) groups is 1. The molecule has 23 heavy (non-hydrogen) atoms. The molecule has 0 bridgehead atoms. The van der Waals surface area contributed by atoms with E-state index in [1.165, 1.54) is 6.07 Å². The molecule has 6 nitrogen and oxygen atoms in total. The van der Waals surface area contributed by atoms with Crippen LogP contribution in [-0.4, -0.2) is 16.6 Å². The Morgan fingerprint density at radius 3 is 2.52 bits per heavy atom. The Hall–Kier alpha value is -2.67. The summed E-state index contributed by atoms with van der Waals surface area (Å²) in [5.41, 5.74) is 1.99. The summed E-state index contributed by atoms with van der Waals surface area (Å²) in [5, 5.41) is 17.3. The summed E-state index contributed by atoms with van der Waals surface area (Å²) in [4.78, 5) is 10.5. The molecule has 2 aromatic rings. The van der Waals surface area contributed by atoms with Crippen LogP contribution in [0, 0.1) is 17.0 Å². The number of nitrogens with one attached hydrogen (secondary N) is 2. The molecule has 0 aromatic heterocycles. The Bertz CT molecular complexity index is 717. The van der Waals surface area contributed by atoms with Crippen molar-refractivity contribution in [2.45, 2.75) is 13.8 Å². The normalized spacial score (nSPS) is 10.0. The molecule has 0 aliphatic carbocycles. The van der Waals surface area contributed by atoms with Gasteiger partial charge >= 0.3 is 0 Å². The van der Waals surface area contributed by atoms with Crippen LogP contribution in [0.25, 0.3) is 0 Å². The molecular formula is C16H17N3O3S. The fraction of sp³-hybridized carbons (Fsp3) is 0.188. The van der Waals surface area contributed by atoms with Crippen molar-refractivity contribution in [1.29, 1.82) is 0 Å². The van der Waals surface area contributed by atoms with Gasteiger partial charge in [-0.2, -0.15) is 0 Å². The van der Waals surface area contributed by atoms with Crippen LogP contribution in [0.15, 0.2) is 42.5 Å². The molecule has 0 saturated heterocycles. The van der Waals surface area contributed by atoms with E-state index in [1.54, 1.807) is 19.1 Å². The first-order valence-electron chi connectivity index (χ1n) is 7.06. The third-order valence-corrected chi connectivity index (χ3v) is 3.38. The lowest BCUT2D eigenvalue weighted by molar-refractivity contribution is -0.385. The average Bonchev–Trinajstić information content (AvgIpc) is 2.51. The van der Waals surface area contributed by atoms with Crippen LogP contribution in [0.1, 0.15) is 12.5 Å². The third-order valence-electron chi connectivity index (χ3n) is 3.17. The van der Waals surface area contributed by atoms with Gasteiger partial charge in [-0.3, -0.25) is 10.1 Å². The van der Waals surface area contributed by atoms with Crippen molar-refractivity contribution in [2.24, 2.45) is 0 Å². The van der Waals surface area contributed by atoms with Gasteiger partial charge in [0.15, 0.2) is 5.11 Å². The third kappa shape index (κ3) is 4.40. The first kappa shape index (κ1) is 16.7. The fourth-order valence-electron chi connectivity index (χ4n) is 2.04. The van der Waals surface area contributed by atoms with Crippen LogP contribution in [0.3, 0.4) is 0 Å². The van der Waals surface area contributed by atoms with E-state index in [0.29, 0.717) is 23.0 Å². The molecule has 0 aliphatic heterocycles. The summed E-state index contributed by atoms with van der Waals surface area (Å²) in [5.74, 6) is 0.784. The lowest BCUT2D eigenvalue weighted by Crippen LogP contribution is -2.19. The van der Waals surface area contributed by atoms with Gasteiger partial charge in [-0.25, -0.2) is 0 Å². The summed E-state index contributed by atoms with van der Waals surface area (Å²) >= 11 is 5.25. The van der Waals surface area contributed by atoms with Crippen molar-refractivity contribution in [3.8, 4) is 5.75 Å². The van der Waals surface area contributed by atoms with Crippen LogP contribution in [-0.2, 0) is 0 Å². The van der Waals surface area contributed by atoms with Gasteiger partial charge < -0.3 is 15.4 Å². The molecule has 0 amide bonds. The molecule has 0 heterocycles. The predicted octanol–water partition coefficient (Wildman–Crippen LogP) is 4.11. The van der Waals surface area contributed by atoms with Crippen molar-refractivity contribution in [3.05, 3.63) is 58.1 Å². The van der Waals surface area contributed by atoms with Crippen molar-refractivity contribution in [2.75, 3.05) is 17.2 Å². The van der Waals surface area contributed by atoms with Gasteiger partial charge in [-0.15, -0.1) is 0 Å². The van der Waals surface area contributed by atoms with Crippen molar-refractivity contribution >= 4 is 34.4 Å². The van der Waals surface area contributed by atoms with Crippen LogP contribution in [0.5, 0.6) is 5.75 Å². The van der Waals surface area contributed by atoms with E-state index < -0.39 is 4.92 Å². The zero-order chi connectivity index (χ0) is 16.8. The maximum absolute atomic E-state index is 11.0. The summed E-state index contributed by atoms with van der Waals surface area (Å²) in [7, 11) is 0. The number of ether oxygens (including phenoxy) is 1. The predicted molar refractivity (Wildman–Crippen MR) is 95.3 cm³/mol. The van der Waals surface area contributed by atoms with Gasteiger partial charge in [0.25, 0.3) is 5.69 Å². The minimum Gasteiger partial charge on any atom is -0.494 e. The molecule has 0 atom stereocenters. The molecule has 2 N–H and O–H groups in total. The second-order valence-corrected chi connectivity index (χ2v) is 5.15. The highest BCUT2D eigenvalue weighted by Crippen LogP contribution is 2.25. The zero-order valence-electron chi connectivity index (χ0n) is 12.8. The maximum Gasteiger partial charge on any atom is 0.274 e. The van der Waals surface area contributed by atoms with Gasteiger partial charge in [-0.1, -0.05) is 6.07 Å². The molecule has 0 spiro atoms. The highest BCUT2D eigenvalue weighted by Gasteiger charge is 2.13. The van der Waals surface area contributed by atoms with Crippen LogP contribution in [0.2, 0.25) is 0 Å². The Kier molecular flexibility index (Phi) is 5.48. The second-order valence-electron chi connectivity index (χ2n) is 4.74. The highest BCUT2D eigenvalue weighted by molar-refractivity contribution is 7.80. The van der Waals surface area contributed by atoms with Gasteiger partial charge in [0.1, 0.15) is 5.75 Å². The molecule has 0 aliphatic rings. The zero-order valence-corrected chi connectivity index (χ0v) is 13.6. The van der Waals surface area contributed by atoms with E-state index in [1.807, 2.05) is 31.2 Å². The topological polar surface area (TPSA) is 76.4 Å². The van der Waals surface area contributed by atoms with Gasteiger partial charge in [0, 0.05) is 11.8 Å². The van der Waals surface area contributed by atoms with Gasteiger partial charge in [0.2, 0.25) is 0 Å². The van der Waals surface area contributed by atoms with Crippen molar-refractivity contribution in [1.82, 2.24) is 0 Å². The van der Waals surface area contributed by atoms with Crippen molar-refractivity contribution < 1.29 is 9.66 Å². The Labute approximate surface area is 139 Å². The standard InChI is InChI=1S/C16H17N3O3S/c1-3-22-13-9-7-12(8-10-13)17-16(23)18-14-5-4-6-15(11(14)2)19(20)21/h4-10H,3H2,1-2H3,(H2,17,18,23). The molecule has 0 fully saturated rings. The number of nitrogens with zero attached hydrogens (tertiary/aromatic N) is 1. The number of hydrogen-bond acceptors (Lipinski definition) is 4. The smallest absolute Gasteiger partial charge is 0.274 e. The number of nitro groups is 1. The summed E-state index contributed by atoms with van der Waals surface area (Å²) in [6, 6.07) is 12.2. The Balaban J connectivity index is 2.05. The minimum absolute atomic E-state index is 0.0545. The second kappa shape index (κ2) is 7.55. The Morgan fingerprint density at radius 1 is 1.22 bits per heavy atom. The Morgan fingerprint density at radius 2 is 1.91 bits per heavy atom. The van der Waals surface area contributed by atoms with Crippen LogP contribution < -0.4 is 15.4 Å². The molecule has 120 valence electrons. The van der Waals surface area contributed by atoms with E-state index in [9.17, 15) is 10.1 Å².